The Morgan fingerprint density at radius 2 is 1.62 bits per heavy atom. The number of nitrogens with zero attached hydrogens (tertiary/aromatic N) is 2. The third-order valence-electron chi connectivity index (χ3n) is 7.18. The van der Waals surface area contributed by atoms with Crippen molar-refractivity contribution in [1.82, 2.24) is 5.01 Å². The predicted molar refractivity (Wildman–Crippen MR) is 95.4 cm³/mol. The molecule has 1 saturated heterocycles. The Morgan fingerprint density at radius 3 is 2.21 bits per heavy atom. The van der Waals surface area contributed by atoms with Crippen molar-refractivity contribution < 1.29 is 4.79 Å². The average molecular weight is 324 g/mol. The van der Waals surface area contributed by atoms with E-state index < -0.39 is 5.54 Å². The number of amides is 1. The summed E-state index contributed by atoms with van der Waals surface area (Å²) in [5.41, 5.74) is 2.02. The van der Waals surface area contributed by atoms with E-state index in [1.165, 1.54) is 43.4 Å². The molecule has 1 aromatic rings. The first-order chi connectivity index (χ1) is 11.4. The van der Waals surface area contributed by atoms with Crippen molar-refractivity contribution in [3.05, 3.63) is 29.8 Å². The molecule has 0 radical (unpaired) electrons. The summed E-state index contributed by atoms with van der Waals surface area (Å²) in [6, 6.07) is 9.06. The molecule has 24 heavy (non-hydrogen) atoms. The maximum atomic E-state index is 13.1. The lowest BCUT2D eigenvalue weighted by Crippen LogP contribution is -2.80. The lowest BCUT2D eigenvalue weighted by atomic mass is 9.53. The molecule has 4 bridgehead atoms. The monoisotopic (exact) mass is 324 g/mol. The first-order valence-corrected chi connectivity index (χ1v) is 9.65. The van der Waals surface area contributed by atoms with Gasteiger partial charge < -0.3 is 0 Å². The summed E-state index contributed by atoms with van der Waals surface area (Å²) in [5, 5.41) is 4.47. The number of rotatable bonds is 2. The van der Waals surface area contributed by atoms with Gasteiger partial charge in [0, 0.05) is 0 Å². The number of carbonyl (C=O) groups is 1. The van der Waals surface area contributed by atoms with Crippen molar-refractivity contribution in [3.8, 4) is 0 Å². The topological polar surface area (TPSA) is 23.6 Å². The van der Waals surface area contributed by atoms with Gasteiger partial charge in [-0.3, -0.25) is 9.80 Å². The van der Waals surface area contributed by atoms with Gasteiger partial charge in [-0.25, -0.2) is 5.01 Å². The Bertz CT molecular complexity index is 667. The van der Waals surface area contributed by atoms with Gasteiger partial charge >= 0.3 is 0 Å². The molecule has 3 nitrogen and oxygen atoms in total. The quantitative estimate of drug-likeness (QED) is 0.815. The minimum Gasteiger partial charge on any atom is -0.270 e. The SMILES string of the molecule is Cc1cccc(N2N(C3C4CC5CC(C4)CC3C5)C(=O)C2(C)C)c1. The molecule has 5 fully saturated rings. The van der Waals surface area contributed by atoms with Gasteiger partial charge in [0.25, 0.3) is 5.91 Å². The van der Waals surface area contributed by atoms with Crippen LogP contribution in [0.3, 0.4) is 0 Å². The molecule has 0 unspecified atom stereocenters. The molecule has 6 rings (SSSR count). The van der Waals surface area contributed by atoms with Crippen LogP contribution in [0.4, 0.5) is 5.69 Å². The molecule has 1 aliphatic heterocycles. The van der Waals surface area contributed by atoms with Crippen LogP contribution in [0.1, 0.15) is 51.5 Å². The van der Waals surface area contributed by atoms with Gasteiger partial charge in [0.2, 0.25) is 0 Å². The molecule has 4 aliphatic carbocycles. The number of benzene rings is 1. The van der Waals surface area contributed by atoms with Crippen LogP contribution in [-0.2, 0) is 4.79 Å². The molecule has 0 atom stereocenters. The number of anilines is 1. The largest absolute Gasteiger partial charge is 0.270 e. The number of hydrogen-bond donors (Lipinski definition) is 0. The molecule has 1 heterocycles. The lowest BCUT2D eigenvalue weighted by Gasteiger charge is -2.65. The molecule has 0 N–H and O–H groups in total. The fraction of sp³-hybridized carbons (Fsp3) is 0.667. The lowest BCUT2D eigenvalue weighted by molar-refractivity contribution is -0.170. The van der Waals surface area contributed by atoms with E-state index in [0.717, 1.165) is 23.7 Å². The number of hydrazine groups is 1. The number of carbonyl (C=O) groups excluding carboxylic acids is 1. The maximum Gasteiger partial charge on any atom is 0.268 e. The van der Waals surface area contributed by atoms with Crippen LogP contribution in [0, 0.1) is 30.6 Å². The van der Waals surface area contributed by atoms with Gasteiger partial charge in [0.1, 0.15) is 5.54 Å². The minimum atomic E-state index is -0.414. The van der Waals surface area contributed by atoms with Gasteiger partial charge in [-0.1, -0.05) is 12.1 Å². The second-order valence-corrected chi connectivity index (χ2v) is 9.28. The van der Waals surface area contributed by atoms with Gasteiger partial charge in [0.15, 0.2) is 0 Å². The summed E-state index contributed by atoms with van der Waals surface area (Å²) >= 11 is 0. The highest BCUT2D eigenvalue weighted by Crippen LogP contribution is 2.57. The molecule has 128 valence electrons. The van der Waals surface area contributed by atoms with E-state index in [-0.39, 0.29) is 0 Å². The molecule has 3 heteroatoms. The number of hydrogen-bond acceptors (Lipinski definition) is 2. The highest BCUT2D eigenvalue weighted by molar-refractivity contribution is 5.98. The third kappa shape index (κ3) is 1.87. The second-order valence-electron chi connectivity index (χ2n) is 9.28. The minimum absolute atomic E-state index is 0.321. The Kier molecular flexibility index (Phi) is 2.94. The van der Waals surface area contributed by atoms with E-state index in [9.17, 15) is 4.79 Å². The van der Waals surface area contributed by atoms with Crippen molar-refractivity contribution in [3.63, 3.8) is 0 Å². The molecule has 5 aliphatic rings. The van der Waals surface area contributed by atoms with Crippen LogP contribution < -0.4 is 5.01 Å². The van der Waals surface area contributed by atoms with Crippen LogP contribution in [0.2, 0.25) is 0 Å². The van der Waals surface area contributed by atoms with E-state index in [4.69, 9.17) is 0 Å². The molecule has 4 saturated carbocycles. The first-order valence-electron chi connectivity index (χ1n) is 9.65. The first kappa shape index (κ1) is 14.8. The Hall–Kier alpha value is -1.51. The summed E-state index contributed by atoms with van der Waals surface area (Å²) in [6.45, 7) is 6.28. The Labute approximate surface area is 145 Å². The smallest absolute Gasteiger partial charge is 0.268 e. The van der Waals surface area contributed by atoms with E-state index >= 15 is 0 Å². The fourth-order valence-corrected chi connectivity index (χ4v) is 6.46. The van der Waals surface area contributed by atoms with Gasteiger partial charge in [-0.15, -0.1) is 0 Å². The van der Waals surface area contributed by atoms with Gasteiger partial charge in [0.05, 0.1) is 11.7 Å². The van der Waals surface area contributed by atoms with Crippen molar-refractivity contribution in [1.29, 1.82) is 0 Å². The second kappa shape index (κ2) is 4.77. The predicted octanol–water partition coefficient (Wildman–Crippen LogP) is 4.16. The summed E-state index contributed by atoms with van der Waals surface area (Å²) in [5.74, 6) is 3.67. The van der Waals surface area contributed by atoms with Crippen molar-refractivity contribution in [2.75, 3.05) is 5.01 Å². The number of aryl methyl sites for hydroxylation is 1. The molecule has 0 spiro atoms. The van der Waals surface area contributed by atoms with Crippen LogP contribution in [-0.4, -0.2) is 22.5 Å². The maximum absolute atomic E-state index is 13.1. The van der Waals surface area contributed by atoms with Crippen LogP contribution in [0.15, 0.2) is 24.3 Å². The van der Waals surface area contributed by atoms with Gasteiger partial charge in [-0.05, 0) is 94.2 Å². The van der Waals surface area contributed by atoms with E-state index in [1.54, 1.807) is 0 Å². The third-order valence-corrected chi connectivity index (χ3v) is 7.18. The van der Waals surface area contributed by atoms with Crippen LogP contribution in [0.5, 0.6) is 0 Å². The van der Waals surface area contributed by atoms with Crippen LogP contribution >= 0.6 is 0 Å². The molecule has 0 aromatic heterocycles. The van der Waals surface area contributed by atoms with Crippen molar-refractivity contribution in [2.45, 2.75) is 64.5 Å². The Morgan fingerprint density at radius 1 is 1.00 bits per heavy atom. The average Bonchev–Trinajstić information content (AvgIpc) is 2.52. The summed E-state index contributed by atoms with van der Waals surface area (Å²) in [4.78, 5) is 13.1. The summed E-state index contributed by atoms with van der Waals surface area (Å²) in [6.07, 6.45) is 6.86. The normalized spacial score (nSPS) is 39.3. The van der Waals surface area contributed by atoms with Gasteiger partial charge in [-0.2, -0.15) is 0 Å². The van der Waals surface area contributed by atoms with Crippen molar-refractivity contribution in [2.24, 2.45) is 23.7 Å². The zero-order chi connectivity index (χ0) is 16.6. The van der Waals surface area contributed by atoms with E-state index in [1.807, 2.05) is 0 Å². The highest BCUT2D eigenvalue weighted by Gasteiger charge is 2.61. The molecule has 1 aromatic carbocycles. The zero-order valence-corrected chi connectivity index (χ0v) is 15.0. The molecular formula is C21H28N2O. The molecular weight excluding hydrogens is 296 g/mol. The summed E-state index contributed by atoms with van der Waals surface area (Å²) < 4.78 is 0. The van der Waals surface area contributed by atoms with Crippen molar-refractivity contribution >= 4 is 11.6 Å². The zero-order valence-electron chi connectivity index (χ0n) is 15.0. The van der Waals surface area contributed by atoms with E-state index in [2.05, 4.69) is 55.1 Å². The standard InChI is InChI=1S/C21H28N2O/c1-13-5-4-6-18(7-13)23-21(2,3)20(24)22(23)19-16-9-14-8-15(11-16)12-17(19)10-14/h4-7,14-17,19H,8-12H2,1-3H3. The summed E-state index contributed by atoms with van der Waals surface area (Å²) in [7, 11) is 0. The Balaban J connectivity index is 1.51. The van der Waals surface area contributed by atoms with Crippen LogP contribution in [0.25, 0.3) is 0 Å². The highest BCUT2D eigenvalue weighted by atomic mass is 16.2. The molecule has 1 amide bonds. The van der Waals surface area contributed by atoms with E-state index in [0.29, 0.717) is 11.9 Å². The fourth-order valence-electron chi connectivity index (χ4n) is 6.46.